The number of amides is 1. The van der Waals surface area contributed by atoms with Gasteiger partial charge in [0.15, 0.2) is 11.4 Å². The molecule has 2 aromatic rings. The quantitative estimate of drug-likeness (QED) is 0.557. The maximum absolute atomic E-state index is 12.7. The molecule has 2 rings (SSSR count). The molecule has 0 fully saturated rings. The summed E-state index contributed by atoms with van der Waals surface area (Å²) in [6.45, 7) is 6.36. The standard InChI is InChI=1S/C23H28N2O7/c1-6-18(15(3)30-17-10-8-7-9-11-17)32-23(28)14(2)25-22(27)20-21(31-16(4)26)19(29-5)12-13-24-20/h7-15,18H,6H2,1-5H3,(H,25,27)/t14-,15+,18+/m0/s1. The zero-order chi connectivity index (χ0) is 23.7. The van der Waals surface area contributed by atoms with E-state index in [1.807, 2.05) is 44.2 Å². The molecule has 172 valence electrons. The molecule has 1 N–H and O–H groups in total. The van der Waals surface area contributed by atoms with E-state index in [-0.39, 0.29) is 17.2 Å². The van der Waals surface area contributed by atoms with Gasteiger partial charge in [-0.25, -0.2) is 9.78 Å². The van der Waals surface area contributed by atoms with E-state index in [1.165, 1.54) is 33.2 Å². The number of para-hydroxylation sites is 1. The van der Waals surface area contributed by atoms with Crippen LogP contribution in [0.5, 0.6) is 17.2 Å². The largest absolute Gasteiger partial charge is 0.493 e. The predicted molar refractivity (Wildman–Crippen MR) is 116 cm³/mol. The van der Waals surface area contributed by atoms with Crippen molar-refractivity contribution in [2.45, 2.75) is 52.4 Å². The van der Waals surface area contributed by atoms with Gasteiger partial charge in [-0.2, -0.15) is 0 Å². The third-order valence-electron chi connectivity index (χ3n) is 4.51. The van der Waals surface area contributed by atoms with Crippen LogP contribution in [-0.4, -0.2) is 48.2 Å². The number of rotatable bonds is 10. The third kappa shape index (κ3) is 6.69. The van der Waals surface area contributed by atoms with Crippen molar-refractivity contribution < 1.29 is 33.3 Å². The number of hydrogen-bond donors (Lipinski definition) is 1. The molecule has 1 aromatic heterocycles. The van der Waals surface area contributed by atoms with E-state index >= 15 is 0 Å². The van der Waals surface area contributed by atoms with Crippen LogP contribution in [0.2, 0.25) is 0 Å². The summed E-state index contributed by atoms with van der Waals surface area (Å²) in [5.74, 6) is -1.30. The van der Waals surface area contributed by atoms with E-state index in [0.29, 0.717) is 12.2 Å². The molecular weight excluding hydrogens is 416 g/mol. The number of methoxy groups -OCH3 is 1. The summed E-state index contributed by atoms with van der Waals surface area (Å²) in [6, 6.07) is 9.67. The molecule has 32 heavy (non-hydrogen) atoms. The Bertz CT molecular complexity index is 933. The SMILES string of the molecule is CC[C@@H](OC(=O)[C@H](C)NC(=O)c1nccc(OC)c1OC(C)=O)[C@@H](C)Oc1ccccc1. The number of pyridine rings is 1. The fourth-order valence-electron chi connectivity index (χ4n) is 2.87. The molecule has 0 aliphatic rings. The highest BCUT2D eigenvalue weighted by molar-refractivity contribution is 5.98. The summed E-state index contributed by atoms with van der Waals surface area (Å²) in [5.41, 5.74) is -0.188. The van der Waals surface area contributed by atoms with Gasteiger partial charge < -0.3 is 24.3 Å². The summed E-state index contributed by atoms with van der Waals surface area (Å²) < 4.78 is 21.6. The van der Waals surface area contributed by atoms with Gasteiger partial charge in [0.25, 0.3) is 5.91 Å². The van der Waals surface area contributed by atoms with Crippen LogP contribution in [0.4, 0.5) is 0 Å². The molecule has 0 aliphatic carbocycles. The lowest BCUT2D eigenvalue weighted by Gasteiger charge is -2.25. The summed E-state index contributed by atoms with van der Waals surface area (Å²) in [7, 11) is 1.37. The number of aromatic nitrogens is 1. The Hall–Kier alpha value is -3.62. The number of benzene rings is 1. The molecule has 0 spiro atoms. The topological polar surface area (TPSA) is 113 Å². The Morgan fingerprint density at radius 1 is 1.09 bits per heavy atom. The molecule has 0 bridgehead atoms. The first-order chi connectivity index (χ1) is 15.3. The van der Waals surface area contributed by atoms with Crippen molar-refractivity contribution in [3.8, 4) is 17.2 Å². The maximum Gasteiger partial charge on any atom is 0.328 e. The van der Waals surface area contributed by atoms with Crippen molar-refractivity contribution in [2.24, 2.45) is 0 Å². The molecule has 1 heterocycles. The van der Waals surface area contributed by atoms with Crippen molar-refractivity contribution in [3.05, 3.63) is 48.3 Å². The van der Waals surface area contributed by atoms with Gasteiger partial charge in [-0.05, 0) is 32.4 Å². The van der Waals surface area contributed by atoms with E-state index in [4.69, 9.17) is 18.9 Å². The molecule has 3 atom stereocenters. The summed E-state index contributed by atoms with van der Waals surface area (Å²) in [5, 5.41) is 2.52. The van der Waals surface area contributed by atoms with E-state index in [1.54, 1.807) is 0 Å². The van der Waals surface area contributed by atoms with Crippen LogP contribution >= 0.6 is 0 Å². The second kappa shape index (κ2) is 11.7. The summed E-state index contributed by atoms with van der Waals surface area (Å²) in [4.78, 5) is 40.7. The van der Waals surface area contributed by atoms with Crippen molar-refractivity contribution in [2.75, 3.05) is 7.11 Å². The van der Waals surface area contributed by atoms with Crippen LogP contribution in [0, 0.1) is 0 Å². The highest BCUT2D eigenvalue weighted by atomic mass is 16.6. The number of carbonyl (C=O) groups is 3. The molecule has 1 amide bonds. The third-order valence-corrected chi connectivity index (χ3v) is 4.51. The van der Waals surface area contributed by atoms with Gasteiger partial charge >= 0.3 is 11.9 Å². The number of nitrogens with one attached hydrogen (secondary N) is 1. The van der Waals surface area contributed by atoms with Crippen molar-refractivity contribution in [1.29, 1.82) is 0 Å². The molecule has 0 saturated heterocycles. The Balaban J connectivity index is 2.05. The Kier molecular flexibility index (Phi) is 9.00. The van der Waals surface area contributed by atoms with Gasteiger partial charge in [-0.1, -0.05) is 25.1 Å². The predicted octanol–water partition coefficient (Wildman–Crippen LogP) is 2.92. The lowest BCUT2D eigenvalue weighted by atomic mass is 10.1. The van der Waals surface area contributed by atoms with Crippen LogP contribution in [-0.2, 0) is 14.3 Å². The Labute approximate surface area is 187 Å². The molecule has 9 nitrogen and oxygen atoms in total. The lowest BCUT2D eigenvalue weighted by Crippen LogP contribution is -2.43. The van der Waals surface area contributed by atoms with E-state index in [0.717, 1.165) is 0 Å². The number of ether oxygens (including phenoxy) is 4. The van der Waals surface area contributed by atoms with E-state index in [9.17, 15) is 14.4 Å². The Morgan fingerprint density at radius 2 is 1.78 bits per heavy atom. The molecule has 9 heteroatoms. The second-order valence-corrected chi connectivity index (χ2v) is 7.00. The van der Waals surface area contributed by atoms with Crippen LogP contribution in [0.1, 0.15) is 44.6 Å². The minimum atomic E-state index is -0.987. The molecule has 0 aliphatic heterocycles. The molecule has 1 aromatic carbocycles. The molecule has 0 unspecified atom stereocenters. The van der Waals surface area contributed by atoms with Crippen molar-refractivity contribution in [1.82, 2.24) is 10.3 Å². The first-order valence-electron chi connectivity index (χ1n) is 10.2. The van der Waals surface area contributed by atoms with Crippen molar-refractivity contribution in [3.63, 3.8) is 0 Å². The molecule has 0 radical (unpaired) electrons. The number of nitrogens with zero attached hydrogens (tertiary/aromatic N) is 1. The normalized spacial score (nSPS) is 13.3. The fourth-order valence-corrected chi connectivity index (χ4v) is 2.87. The van der Waals surface area contributed by atoms with Crippen LogP contribution in [0.25, 0.3) is 0 Å². The molecule has 0 saturated carbocycles. The van der Waals surface area contributed by atoms with Crippen LogP contribution < -0.4 is 19.5 Å². The van der Waals surface area contributed by atoms with Crippen molar-refractivity contribution >= 4 is 17.8 Å². The minimum Gasteiger partial charge on any atom is -0.493 e. The zero-order valence-corrected chi connectivity index (χ0v) is 18.8. The number of esters is 2. The summed E-state index contributed by atoms with van der Waals surface area (Å²) in [6.07, 6.45) is 0.937. The molecular formula is C23H28N2O7. The first-order valence-corrected chi connectivity index (χ1v) is 10.2. The van der Waals surface area contributed by atoms with Gasteiger partial charge in [0.2, 0.25) is 5.75 Å². The monoisotopic (exact) mass is 444 g/mol. The van der Waals surface area contributed by atoms with Gasteiger partial charge in [0, 0.05) is 19.2 Å². The average molecular weight is 444 g/mol. The highest BCUT2D eigenvalue weighted by Gasteiger charge is 2.28. The Morgan fingerprint density at radius 3 is 2.38 bits per heavy atom. The smallest absolute Gasteiger partial charge is 0.328 e. The fraction of sp³-hybridized carbons (Fsp3) is 0.391. The first kappa shape index (κ1) is 24.6. The van der Waals surface area contributed by atoms with Gasteiger partial charge in [0.1, 0.15) is 24.0 Å². The average Bonchev–Trinajstić information content (AvgIpc) is 2.77. The minimum absolute atomic E-state index is 0.128. The van der Waals surface area contributed by atoms with Gasteiger partial charge in [0.05, 0.1) is 7.11 Å². The number of carbonyl (C=O) groups excluding carboxylic acids is 3. The van der Waals surface area contributed by atoms with Gasteiger partial charge in [-0.3, -0.25) is 9.59 Å². The highest BCUT2D eigenvalue weighted by Crippen LogP contribution is 2.29. The number of hydrogen-bond acceptors (Lipinski definition) is 8. The lowest BCUT2D eigenvalue weighted by molar-refractivity contribution is -0.155. The van der Waals surface area contributed by atoms with E-state index in [2.05, 4.69) is 10.3 Å². The summed E-state index contributed by atoms with van der Waals surface area (Å²) >= 11 is 0. The van der Waals surface area contributed by atoms with E-state index < -0.39 is 36.1 Å². The maximum atomic E-state index is 12.7. The zero-order valence-electron chi connectivity index (χ0n) is 18.8. The second-order valence-electron chi connectivity index (χ2n) is 7.00. The van der Waals surface area contributed by atoms with Gasteiger partial charge in [-0.15, -0.1) is 0 Å². The van der Waals surface area contributed by atoms with Crippen LogP contribution in [0.15, 0.2) is 42.6 Å². The van der Waals surface area contributed by atoms with Crippen LogP contribution in [0.3, 0.4) is 0 Å².